The van der Waals surface area contributed by atoms with Gasteiger partial charge in [-0.1, -0.05) is 41.9 Å². The lowest BCUT2D eigenvalue weighted by Gasteiger charge is -2.18. The fourth-order valence-corrected chi connectivity index (χ4v) is 3.02. The highest BCUT2D eigenvalue weighted by Crippen LogP contribution is 2.22. The smallest absolute Gasteiger partial charge is 0.317 e. The maximum atomic E-state index is 12.3. The van der Waals surface area contributed by atoms with E-state index in [1.54, 1.807) is 19.1 Å². The first-order chi connectivity index (χ1) is 12.5. The average molecular weight is 369 g/mol. The molecule has 5 heteroatoms. The zero-order chi connectivity index (χ0) is 18.5. The summed E-state index contributed by atoms with van der Waals surface area (Å²) >= 11 is 5.99. The zero-order valence-corrected chi connectivity index (χ0v) is 15.6. The van der Waals surface area contributed by atoms with Crippen molar-refractivity contribution in [2.75, 3.05) is 14.2 Å². The van der Waals surface area contributed by atoms with Crippen molar-refractivity contribution in [1.82, 2.24) is 10.2 Å². The first kappa shape index (κ1) is 18.1. The van der Waals surface area contributed by atoms with Crippen molar-refractivity contribution >= 4 is 28.4 Å². The van der Waals surface area contributed by atoms with Gasteiger partial charge >= 0.3 is 6.03 Å². The van der Waals surface area contributed by atoms with E-state index in [1.165, 1.54) is 0 Å². The van der Waals surface area contributed by atoms with Crippen LogP contribution in [0.2, 0.25) is 5.02 Å². The summed E-state index contributed by atoms with van der Waals surface area (Å²) in [6.07, 6.45) is 0. The number of halogens is 1. The van der Waals surface area contributed by atoms with Crippen LogP contribution in [0.15, 0.2) is 60.7 Å². The van der Waals surface area contributed by atoms with Gasteiger partial charge in [-0.15, -0.1) is 0 Å². The van der Waals surface area contributed by atoms with Gasteiger partial charge in [0.15, 0.2) is 0 Å². The molecule has 134 valence electrons. The van der Waals surface area contributed by atoms with Gasteiger partial charge in [0.25, 0.3) is 0 Å². The molecule has 0 aliphatic heterocycles. The molecule has 0 aromatic heterocycles. The third-order valence-corrected chi connectivity index (χ3v) is 4.45. The zero-order valence-electron chi connectivity index (χ0n) is 14.8. The van der Waals surface area contributed by atoms with Crippen LogP contribution in [0.25, 0.3) is 10.8 Å². The Bertz CT molecular complexity index is 927. The van der Waals surface area contributed by atoms with E-state index >= 15 is 0 Å². The molecule has 0 unspecified atom stereocenters. The Labute approximate surface area is 158 Å². The topological polar surface area (TPSA) is 41.6 Å². The summed E-state index contributed by atoms with van der Waals surface area (Å²) in [6, 6.07) is 19.5. The van der Waals surface area contributed by atoms with Crippen molar-refractivity contribution in [3.63, 3.8) is 0 Å². The largest absolute Gasteiger partial charge is 0.497 e. The molecular weight excluding hydrogens is 348 g/mol. The van der Waals surface area contributed by atoms with Gasteiger partial charge in [-0.3, -0.25) is 0 Å². The molecule has 0 atom stereocenters. The predicted molar refractivity (Wildman–Crippen MR) is 106 cm³/mol. The minimum atomic E-state index is -0.125. The van der Waals surface area contributed by atoms with Crippen LogP contribution in [0.4, 0.5) is 4.79 Å². The second kappa shape index (κ2) is 8.11. The van der Waals surface area contributed by atoms with E-state index in [2.05, 4.69) is 11.4 Å². The number of amides is 2. The molecule has 3 aromatic rings. The number of carbonyl (C=O) groups is 1. The van der Waals surface area contributed by atoms with Gasteiger partial charge in [0, 0.05) is 25.2 Å². The summed E-state index contributed by atoms with van der Waals surface area (Å²) in [6.45, 7) is 0.977. The summed E-state index contributed by atoms with van der Waals surface area (Å²) in [5.41, 5.74) is 2.04. The fourth-order valence-electron chi connectivity index (χ4n) is 2.80. The minimum absolute atomic E-state index is 0.125. The van der Waals surface area contributed by atoms with Gasteiger partial charge in [-0.05, 0) is 52.2 Å². The maximum Gasteiger partial charge on any atom is 0.317 e. The Kier molecular flexibility index (Phi) is 5.64. The van der Waals surface area contributed by atoms with E-state index in [0.29, 0.717) is 18.1 Å². The van der Waals surface area contributed by atoms with E-state index in [-0.39, 0.29) is 6.03 Å². The van der Waals surface area contributed by atoms with Crippen molar-refractivity contribution in [3.8, 4) is 5.75 Å². The number of methoxy groups -OCH3 is 1. The van der Waals surface area contributed by atoms with Gasteiger partial charge in [0.1, 0.15) is 5.75 Å². The summed E-state index contributed by atoms with van der Waals surface area (Å²) in [4.78, 5) is 14.0. The molecule has 0 fully saturated rings. The molecule has 0 saturated heterocycles. The monoisotopic (exact) mass is 368 g/mol. The number of carbonyl (C=O) groups excluding carboxylic acids is 1. The van der Waals surface area contributed by atoms with Gasteiger partial charge in [-0.25, -0.2) is 4.79 Å². The normalized spacial score (nSPS) is 10.6. The molecule has 4 nitrogen and oxygen atoms in total. The number of nitrogens with one attached hydrogen (secondary N) is 1. The lowest BCUT2D eigenvalue weighted by Crippen LogP contribution is -2.36. The van der Waals surface area contributed by atoms with Crippen LogP contribution in [-0.2, 0) is 13.1 Å². The first-order valence-corrected chi connectivity index (χ1v) is 8.73. The summed E-state index contributed by atoms with van der Waals surface area (Å²) in [7, 11) is 3.42. The highest BCUT2D eigenvalue weighted by Gasteiger charge is 2.09. The van der Waals surface area contributed by atoms with E-state index in [0.717, 1.165) is 27.6 Å². The second-order valence-electron chi connectivity index (χ2n) is 6.19. The standard InChI is InChI=1S/C21H21ClN2O2/c1-24(14-16-4-3-5-19(22)11-16)21(25)23-13-15-6-7-18-12-20(26-2)9-8-17(18)10-15/h3-12H,13-14H2,1-2H3,(H,23,25). The van der Waals surface area contributed by atoms with E-state index in [9.17, 15) is 4.79 Å². The molecule has 3 rings (SSSR count). The Hall–Kier alpha value is -2.72. The Morgan fingerprint density at radius 1 is 1.04 bits per heavy atom. The number of hydrogen-bond acceptors (Lipinski definition) is 2. The summed E-state index contributed by atoms with van der Waals surface area (Å²) in [5, 5.41) is 5.84. The molecule has 0 bridgehead atoms. The van der Waals surface area contributed by atoms with Crippen LogP contribution < -0.4 is 10.1 Å². The van der Waals surface area contributed by atoms with Crippen molar-refractivity contribution in [1.29, 1.82) is 0 Å². The molecule has 26 heavy (non-hydrogen) atoms. The number of ether oxygens (including phenoxy) is 1. The Balaban J connectivity index is 1.60. The molecular formula is C21H21ClN2O2. The Morgan fingerprint density at radius 2 is 1.81 bits per heavy atom. The molecule has 0 saturated carbocycles. The van der Waals surface area contributed by atoms with Crippen LogP contribution >= 0.6 is 11.6 Å². The van der Waals surface area contributed by atoms with Crippen LogP contribution in [0.5, 0.6) is 5.75 Å². The molecule has 1 N–H and O–H groups in total. The van der Waals surface area contributed by atoms with Crippen molar-refractivity contribution in [3.05, 3.63) is 76.8 Å². The number of hydrogen-bond donors (Lipinski definition) is 1. The van der Waals surface area contributed by atoms with Crippen LogP contribution in [0.1, 0.15) is 11.1 Å². The summed E-state index contributed by atoms with van der Waals surface area (Å²) in [5.74, 6) is 0.834. The van der Waals surface area contributed by atoms with Crippen LogP contribution in [0.3, 0.4) is 0 Å². The molecule has 0 aliphatic rings. The van der Waals surface area contributed by atoms with E-state index in [1.807, 2.05) is 54.6 Å². The lowest BCUT2D eigenvalue weighted by molar-refractivity contribution is 0.206. The SMILES string of the molecule is COc1ccc2cc(CNC(=O)N(C)Cc3cccc(Cl)c3)ccc2c1. The van der Waals surface area contributed by atoms with Gasteiger partial charge in [0.05, 0.1) is 7.11 Å². The number of fused-ring (bicyclic) bond motifs is 1. The highest BCUT2D eigenvalue weighted by molar-refractivity contribution is 6.30. The third-order valence-electron chi connectivity index (χ3n) is 4.21. The van der Waals surface area contributed by atoms with Gasteiger partial charge < -0.3 is 15.0 Å². The molecule has 3 aromatic carbocycles. The molecule has 0 radical (unpaired) electrons. The molecule has 0 aliphatic carbocycles. The van der Waals surface area contributed by atoms with E-state index < -0.39 is 0 Å². The number of benzene rings is 3. The predicted octanol–water partition coefficient (Wildman–Crippen LogP) is 4.84. The van der Waals surface area contributed by atoms with Crippen LogP contribution in [-0.4, -0.2) is 25.1 Å². The fraction of sp³-hybridized carbons (Fsp3) is 0.190. The second-order valence-corrected chi connectivity index (χ2v) is 6.63. The average Bonchev–Trinajstić information content (AvgIpc) is 2.65. The Morgan fingerprint density at radius 3 is 2.58 bits per heavy atom. The van der Waals surface area contributed by atoms with Gasteiger partial charge in [-0.2, -0.15) is 0 Å². The van der Waals surface area contributed by atoms with E-state index in [4.69, 9.17) is 16.3 Å². The molecule has 0 heterocycles. The minimum Gasteiger partial charge on any atom is -0.497 e. The maximum absolute atomic E-state index is 12.3. The van der Waals surface area contributed by atoms with Gasteiger partial charge in [0.2, 0.25) is 0 Å². The van der Waals surface area contributed by atoms with Crippen molar-refractivity contribution in [2.24, 2.45) is 0 Å². The van der Waals surface area contributed by atoms with Crippen molar-refractivity contribution in [2.45, 2.75) is 13.1 Å². The first-order valence-electron chi connectivity index (χ1n) is 8.35. The number of nitrogens with zero attached hydrogens (tertiary/aromatic N) is 1. The molecule has 0 spiro atoms. The number of rotatable bonds is 5. The quantitative estimate of drug-likeness (QED) is 0.699. The number of urea groups is 1. The van der Waals surface area contributed by atoms with Crippen molar-refractivity contribution < 1.29 is 9.53 Å². The summed E-state index contributed by atoms with van der Waals surface area (Å²) < 4.78 is 5.24. The van der Waals surface area contributed by atoms with Crippen LogP contribution in [0, 0.1) is 0 Å². The molecule has 2 amide bonds. The highest BCUT2D eigenvalue weighted by atomic mass is 35.5. The lowest BCUT2D eigenvalue weighted by atomic mass is 10.1. The third kappa shape index (κ3) is 4.46.